The van der Waals surface area contributed by atoms with Gasteiger partial charge < -0.3 is 14.8 Å². The normalized spacial score (nSPS) is 12.2. The highest BCUT2D eigenvalue weighted by Crippen LogP contribution is 2.39. The first-order valence-corrected chi connectivity index (χ1v) is 7.90. The van der Waals surface area contributed by atoms with Gasteiger partial charge in [0.05, 0.1) is 10.7 Å². The van der Waals surface area contributed by atoms with Crippen LogP contribution >= 0.6 is 11.6 Å². The first-order valence-electron chi connectivity index (χ1n) is 7.52. The van der Waals surface area contributed by atoms with Crippen molar-refractivity contribution in [3.63, 3.8) is 0 Å². The van der Waals surface area contributed by atoms with E-state index in [1.165, 1.54) is 6.33 Å². The zero-order valence-electron chi connectivity index (χ0n) is 13.0. The molecule has 1 N–H and O–H groups in total. The number of nitrogens with one attached hydrogen (secondary N) is 1. The summed E-state index contributed by atoms with van der Waals surface area (Å²) in [5.41, 5.74) is 2.28. The summed E-state index contributed by atoms with van der Waals surface area (Å²) in [4.78, 5) is 16.2. The molecule has 1 amide bonds. The minimum absolute atomic E-state index is 0.109. The predicted molar refractivity (Wildman–Crippen MR) is 90.1 cm³/mol. The molecule has 0 fully saturated rings. The number of aromatic nitrogens is 3. The van der Waals surface area contributed by atoms with Crippen LogP contribution in [0, 0.1) is 0 Å². The number of hydrogen-bond acceptors (Lipinski definition) is 5. The van der Waals surface area contributed by atoms with Crippen LogP contribution < -0.4 is 14.8 Å². The predicted octanol–water partition coefficient (Wildman–Crippen LogP) is 2.58. The van der Waals surface area contributed by atoms with E-state index in [0.717, 1.165) is 11.3 Å². The molecular weight excluding hydrogens is 344 g/mol. The van der Waals surface area contributed by atoms with Crippen molar-refractivity contribution in [2.24, 2.45) is 0 Å². The van der Waals surface area contributed by atoms with Crippen LogP contribution in [-0.2, 0) is 6.54 Å². The first-order chi connectivity index (χ1) is 12.2. The second kappa shape index (κ2) is 6.45. The third-order valence-electron chi connectivity index (χ3n) is 3.76. The lowest BCUT2D eigenvalue weighted by molar-refractivity contribution is 0.0950. The molecule has 2 heterocycles. The molecule has 1 aromatic heterocycles. The topological polar surface area (TPSA) is 78.3 Å². The number of rotatable bonds is 4. The van der Waals surface area contributed by atoms with Gasteiger partial charge in [0, 0.05) is 12.1 Å². The molecule has 3 aromatic rings. The zero-order chi connectivity index (χ0) is 17.2. The van der Waals surface area contributed by atoms with Crippen molar-refractivity contribution in [1.29, 1.82) is 0 Å². The molecule has 25 heavy (non-hydrogen) atoms. The Balaban J connectivity index is 1.43. The molecule has 0 unspecified atom stereocenters. The number of fused-ring (bicyclic) bond motifs is 1. The number of hydrogen-bond donors (Lipinski definition) is 1. The largest absolute Gasteiger partial charge is 0.454 e. The number of carbonyl (C=O) groups is 1. The number of benzene rings is 2. The van der Waals surface area contributed by atoms with E-state index in [9.17, 15) is 4.79 Å². The van der Waals surface area contributed by atoms with Crippen LogP contribution in [0.5, 0.6) is 11.5 Å². The van der Waals surface area contributed by atoms with Crippen LogP contribution in [0.15, 0.2) is 49.1 Å². The third-order valence-corrected chi connectivity index (χ3v) is 4.04. The van der Waals surface area contributed by atoms with E-state index >= 15 is 0 Å². The molecule has 0 radical (unpaired) electrons. The molecule has 2 aromatic carbocycles. The summed E-state index contributed by atoms with van der Waals surface area (Å²) in [6.07, 6.45) is 3.10. The second-order valence-corrected chi connectivity index (χ2v) is 5.79. The van der Waals surface area contributed by atoms with E-state index in [-0.39, 0.29) is 12.7 Å². The standard InChI is InChI=1S/C17H13ClN4O3/c18-14-5-12(6-15-16(14)25-10-24-15)17(23)20-7-11-1-3-13(4-2-11)22-9-19-8-21-22/h1-6,8-9H,7,10H2,(H,20,23). The van der Waals surface area contributed by atoms with Crippen LogP contribution in [0.1, 0.15) is 15.9 Å². The lowest BCUT2D eigenvalue weighted by Gasteiger charge is -2.08. The Labute approximate surface area is 148 Å². The molecule has 0 saturated heterocycles. The van der Waals surface area contributed by atoms with Gasteiger partial charge in [-0.1, -0.05) is 23.7 Å². The SMILES string of the molecule is O=C(NCc1ccc(-n2cncn2)cc1)c1cc(Cl)c2c(c1)OCO2. The summed E-state index contributed by atoms with van der Waals surface area (Å²) in [6.45, 7) is 0.501. The Morgan fingerprint density at radius 3 is 2.84 bits per heavy atom. The maximum atomic E-state index is 12.3. The van der Waals surface area contributed by atoms with E-state index < -0.39 is 0 Å². The van der Waals surface area contributed by atoms with Crippen LogP contribution in [0.2, 0.25) is 5.02 Å². The molecule has 1 aliphatic rings. The highest BCUT2D eigenvalue weighted by atomic mass is 35.5. The minimum Gasteiger partial charge on any atom is -0.454 e. The van der Waals surface area contributed by atoms with E-state index in [4.69, 9.17) is 21.1 Å². The molecule has 7 nitrogen and oxygen atoms in total. The summed E-state index contributed by atoms with van der Waals surface area (Å²) in [6, 6.07) is 10.9. The fourth-order valence-corrected chi connectivity index (χ4v) is 2.76. The first kappa shape index (κ1) is 15.5. The summed E-state index contributed by atoms with van der Waals surface area (Å²) in [5, 5.41) is 7.29. The molecular formula is C17H13ClN4O3. The van der Waals surface area contributed by atoms with Crippen LogP contribution in [-0.4, -0.2) is 27.5 Å². The highest BCUT2D eigenvalue weighted by molar-refractivity contribution is 6.32. The van der Waals surface area contributed by atoms with Gasteiger partial charge in [0.1, 0.15) is 12.7 Å². The van der Waals surface area contributed by atoms with E-state index in [1.54, 1.807) is 23.1 Å². The van der Waals surface area contributed by atoms with Gasteiger partial charge in [-0.15, -0.1) is 0 Å². The van der Waals surface area contributed by atoms with Crippen molar-refractivity contribution in [3.05, 3.63) is 65.2 Å². The highest BCUT2D eigenvalue weighted by Gasteiger charge is 2.20. The van der Waals surface area contributed by atoms with Crippen LogP contribution in [0.4, 0.5) is 0 Å². The van der Waals surface area contributed by atoms with Gasteiger partial charge >= 0.3 is 0 Å². The number of ether oxygens (including phenoxy) is 2. The van der Waals surface area contributed by atoms with Gasteiger partial charge in [-0.25, -0.2) is 9.67 Å². The Hall–Kier alpha value is -3.06. The average molecular weight is 357 g/mol. The molecule has 8 heteroatoms. The summed E-state index contributed by atoms with van der Waals surface area (Å²) in [7, 11) is 0. The molecule has 4 rings (SSSR count). The zero-order valence-corrected chi connectivity index (χ0v) is 13.7. The Kier molecular flexibility index (Phi) is 3.99. The summed E-state index contributed by atoms with van der Waals surface area (Å²) >= 11 is 6.10. The number of amides is 1. The number of carbonyl (C=O) groups excluding carboxylic acids is 1. The van der Waals surface area contributed by atoms with Gasteiger partial charge in [0.25, 0.3) is 5.91 Å². The van der Waals surface area contributed by atoms with Crippen molar-refractivity contribution in [2.45, 2.75) is 6.54 Å². The second-order valence-electron chi connectivity index (χ2n) is 5.38. The molecule has 126 valence electrons. The molecule has 1 aliphatic heterocycles. The van der Waals surface area contributed by atoms with Gasteiger partial charge in [-0.2, -0.15) is 5.10 Å². The lowest BCUT2D eigenvalue weighted by Crippen LogP contribution is -2.22. The Bertz CT molecular complexity index is 910. The molecule has 0 bridgehead atoms. The van der Waals surface area contributed by atoms with Crippen molar-refractivity contribution >= 4 is 17.5 Å². The van der Waals surface area contributed by atoms with Gasteiger partial charge in [-0.05, 0) is 29.8 Å². The summed E-state index contributed by atoms with van der Waals surface area (Å²) < 4.78 is 12.2. The minimum atomic E-state index is -0.236. The molecule has 0 spiro atoms. The molecule has 0 atom stereocenters. The van der Waals surface area contributed by atoms with Gasteiger partial charge in [0.15, 0.2) is 11.5 Å². The number of nitrogens with zero attached hydrogens (tertiary/aromatic N) is 3. The Morgan fingerprint density at radius 1 is 1.24 bits per heavy atom. The lowest BCUT2D eigenvalue weighted by atomic mass is 10.1. The summed E-state index contributed by atoms with van der Waals surface area (Å²) in [5.74, 6) is 0.720. The van der Waals surface area contributed by atoms with Crippen LogP contribution in [0.3, 0.4) is 0 Å². The monoisotopic (exact) mass is 356 g/mol. The maximum absolute atomic E-state index is 12.3. The fourth-order valence-electron chi connectivity index (χ4n) is 2.49. The fraction of sp³-hybridized carbons (Fsp3) is 0.118. The quantitative estimate of drug-likeness (QED) is 0.777. The van der Waals surface area contributed by atoms with Crippen LogP contribution in [0.25, 0.3) is 5.69 Å². The van der Waals surface area contributed by atoms with E-state index in [2.05, 4.69) is 15.4 Å². The third kappa shape index (κ3) is 3.14. The van der Waals surface area contributed by atoms with Gasteiger partial charge in [0.2, 0.25) is 6.79 Å². The van der Waals surface area contributed by atoms with Crippen molar-refractivity contribution in [3.8, 4) is 17.2 Å². The van der Waals surface area contributed by atoms with E-state index in [0.29, 0.717) is 28.6 Å². The van der Waals surface area contributed by atoms with Crippen molar-refractivity contribution in [2.75, 3.05) is 6.79 Å². The maximum Gasteiger partial charge on any atom is 0.251 e. The van der Waals surface area contributed by atoms with E-state index in [1.807, 2.05) is 24.3 Å². The average Bonchev–Trinajstić information content (AvgIpc) is 3.31. The number of halogens is 1. The molecule has 0 aliphatic carbocycles. The smallest absolute Gasteiger partial charge is 0.251 e. The van der Waals surface area contributed by atoms with Crippen molar-refractivity contribution in [1.82, 2.24) is 20.1 Å². The van der Waals surface area contributed by atoms with Crippen molar-refractivity contribution < 1.29 is 14.3 Å². The Morgan fingerprint density at radius 2 is 2.08 bits per heavy atom. The molecule has 0 saturated carbocycles. The van der Waals surface area contributed by atoms with Gasteiger partial charge in [-0.3, -0.25) is 4.79 Å².